The summed E-state index contributed by atoms with van der Waals surface area (Å²) < 4.78 is 26.6. The van der Waals surface area contributed by atoms with E-state index in [4.69, 9.17) is 0 Å². The first-order valence-electron chi connectivity index (χ1n) is 7.47. The molecule has 0 aliphatic heterocycles. The predicted octanol–water partition coefficient (Wildman–Crippen LogP) is 3.27. The molecule has 128 valence electrons. The molecule has 1 aromatic heterocycles. The van der Waals surface area contributed by atoms with Gasteiger partial charge in [0.05, 0.1) is 5.56 Å². The van der Waals surface area contributed by atoms with E-state index in [-0.39, 0.29) is 12.1 Å². The van der Waals surface area contributed by atoms with Crippen LogP contribution in [0.1, 0.15) is 10.4 Å². The van der Waals surface area contributed by atoms with Gasteiger partial charge in [0.15, 0.2) is 5.82 Å². The van der Waals surface area contributed by atoms with Crippen molar-refractivity contribution in [2.45, 2.75) is 5.16 Å². The van der Waals surface area contributed by atoms with Crippen molar-refractivity contribution in [2.24, 2.45) is 0 Å². The lowest BCUT2D eigenvalue weighted by molar-refractivity contribution is 0.0951. The van der Waals surface area contributed by atoms with Gasteiger partial charge in [-0.25, -0.2) is 13.8 Å². The Morgan fingerprint density at radius 1 is 1.16 bits per heavy atom. The van der Waals surface area contributed by atoms with Crippen LogP contribution < -0.4 is 5.32 Å². The lowest BCUT2D eigenvalue weighted by Crippen LogP contribution is -2.26. The SMILES string of the molecule is O=C(NCCSc1n[nH]c(-c2ccccc2)n1)c1cc(F)ccc1F. The Bertz CT molecular complexity index is 870. The van der Waals surface area contributed by atoms with Gasteiger partial charge in [0.2, 0.25) is 5.16 Å². The van der Waals surface area contributed by atoms with Crippen LogP contribution in [0, 0.1) is 11.6 Å². The number of thioether (sulfide) groups is 1. The number of hydrogen-bond donors (Lipinski definition) is 2. The fourth-order valence-electron chi connectivity index (χ4n) is 2.11. The van der Waals surface area contributed by atoms with Crippen molar-refractivity contribution in [1.29, 1.82) is 0 Å². The third kappa shape index (κ3) is 4.42. The van der Waals surface area contributed by atoms with E-state index < -0.39 is 17.5 Å². The van der Waals surface area contributed by atoms with E-state index in [0.29, 0.717) is 16.7 Å². The summed E-state index contributed by atoms with van der Waals surface area (Å²) in [5.74, 6) is -0.913. The van der Waals surface area contributed by atoms with Crippen LogP contribution in [0.15, 0.2) is 53.7 Å². The summed E-state index contributed by atoms with van der Waals surface area (Å²) >= 11 is 1.34. The molecule has 0 aliphatic carbocycles. The molecule has 2 aromatic carbocycles. The van der Waals surface area contributed by atoms with Crippen molar-refractivity contribution in [2.75, 3.05) is 12.3 Å². The number of aromatic nitrogens is 3. The van der Waals surface area contributed by atoms with Crippen LogP contribution in [0.3, 0.4) is 0 Å². The zero-order valence-corrected chi connectivity index (χ0v) is 13.8. The van der Waals surface area contributed by atoms with E-state index in [1.165, 1.54) is 11.8 Å². The number of nitrogens with zero attached hydrogens (tertiary/aromatic N) is 2. The highest BCUT2D eigenvalue weighted by Gasteiger charge is 2.12. The molecule has 0 unspecified atom stereocenters. The van der Waals surface area contributed by atoms with Crippen molar-refractivity contribution in [3.63, 3.8) is 0 Å². The molecule has 2 N–H and O–H groups in total. The second-order valence-electron chi connectivity index (χ2n) is 5.06. The third-order valence-corrected chi connectivity index (χ3v) is 4.15. The maximum Gasteiger partial charge on any atom is 0.254 e. The van der Waals surface area contributed by atoms with Crippen LogP contribution in [-0.2, 0) is 0 Å². The van der Waals surface area contributed by atoms with Crippen LogP contribution in [0.25, 0.3) is 11.4 Å². The van der Waals surface area contributed by atoms with E-state index in [2.05, 4.69) is 20.5 Å². The Morgan fingerprint density at radius 3 is 2.76 bits per heavy atom. The normalized spacial score (nSPS) is 10.6. The lowest BCUT2D eigenvalue weighted by atomic mass is 10.2. The standard InChI is InChI=1S/C17H14F2N4OS/c18-12-6-7-14(19)13(10-12)16(24)20-8-9-25-17-21-15(22-23-17)11-4-2-1-3-5-11/h1-7,10H,8-9H2,(H,20,24)(H,21,22,23). The minimum Gasteiger partial charge on any atom is -0.351 e. The first-order valence-corrected chi connectivity index (χ1v) is 8.46. The monoisotopic (exact) mass is 360 g/mol. The Hall–Kier alpha value is -2.74. The van der Waals surface area contributed by atoms with Crippen LogP contribution >= 0.6 is 11.8 Å². The molecule has 0 spiro atoms. The zero-order valence-electron chi connectivity index (χ0n) is 13.0. The largest absolute Gasteiger partial charge is 0.351 e. The minimum absolute atomic E-state index is 0.272. The Kier molecular flexibility index (Phi) is 5.39. The first kappa shape index (κ1) is 17.1. The Morgan fingerprint density at radius 2 is 1.96 bits per heavy atom. The van der Waals surface area contributed by atoms with Crippen LogP contribution in [0.2, 0.25) is 0 Å². The Balaban J connectivity index is 1.50. The highest BCUT2D eigenvalue weighted by molar-refractivity contribution is 7.99. The van der Waals surface area contributed by atoms with Gasteiger partial charge in [-0.05, 0) is 18.2 Å². The van der Waals surface area contributed by atoms with Crippen molar-refractivity contribution in [3.8, 4) is 11.4 Å². The smallest absolute Gasteiger partial charge is 0.254 e. The molecule has 1 amide bonds. The third-order valence-electron chi connectivity index (χ3n) is 3.30. The van der Waals surface area contributed by atoms with Gasteiger partial charge < -0.3 is 5.32 Å². The molecular weight excluding hydrogens is 346 g/mol. The Labute approximate surface area is 146 Å². The maximum atomic E-state index is 13.5. The molecule has 1 heterocycles. The second-order valence-corrected chi connectivity index (χ2v) is 6.12. The average Bonchev–Trinajstić information content (AvgIpc) is 3.10. The summed E-state index contributed by atoms with van der Waals surface area (Å²) in [7, 11) is 0. The van der Waals surface area contributed by atoms with Gasteiger partial charge in [-0.15, -0.1) is 5.10 Å². The number of carbonyl (C=O) groups excluding carboxylic acids is 1. The molecule has 0 radical (unpaired) electrons. The number of aromatic amines is 1. The molecule has 3 rings (SSSR count). The second kappa shape index (κ2) is 7.89. The summed E-state index contributed by atoms with van der Waals surface area (Å²) in [5.41, 5.74) is 0.617. The van der Waals surface area contributed by atoms with Crippen molar-refractivity contribution >= 4 is 17.7 Å². The summed E-state index contributed by atoms with van der Waals surface area (Å²) in [6.45, 7) is 0.272. The number of benzene rings is 2. The molecule has 5 nitrogen and oxygen atoms in total. The topological polar surface area (TPSA) is 70.7 Å². The van der Waals surface area contributed by atoms with E-state index in [1.54, 1.807) is 0 Å². The van der Waals surface area contributed by atoms with Gasteiger partial charge in [-0.2, -0.15) is 0 Å². The maximum absolute atomic E-state index is 13.5. The molecule has 0 saturated carbocycles. The molecule has 0 fully saturated rings. The van der Waals surface area contributed by atoms with Gasteiger partial charge in [0.1, 0.15) is 11.6 Å². The predicted molar refractivity (Wildman–Crippen MR) is 91.2 cm³/mol. The van der Waals surface area contributed by atoms with Crippen LogP contribution in [-0.4, -0.2) is 33.4 Å². The molecule has 3 aromatic rings. The molecule has 0 aliphatic rings. The zero-order chi connectivity index (χ0) is 17.6. The van der Waals surface area contributed by atoms with Gasteiger partial charge in [-0.1, -0.05) is 42.1 Å². The average molecular weight is 360 g/mol. The number of hydrogen-bond acceptors (Lipinski definition) is 4. The van der Waals surface area contributed by atoms with Gasteiger partial charge in [0.25, 0.3) is 5.91 Å². The van der Waals surface area contributed by atoms with Gasteiger partial charge >= 0.3 is 0 Å². The summed E-state index contributed by atoms with van der Waals surface area (Å²) in [4.78, 5) is 16.2. The summed E-state index contributed by atoms with van der Waals surface area (Å²) in [6, 6.07) is 12.3. The molecule has 0 bridgehead atoms. The lowest BCUT2D eigenvalue weighted by Gasteiger charge is -2.05. The fraction of sp³-hybridized carbons (Fsp3) is 0.118. The number of amides is 1. The minimum atomic E-state index is -0.756. The van der Waals surface area contributed by atoms with Crippen molar-refractivity contribution in [1.82, 2.24) is 20.5 Å². The van der Waals surface area contributed by atoms with Crippen LogP contribution in [0.4, 0.5) is 8.78 Å². The molecule has 0 atom stereocenters. The highest BCUT2D eigenvalue weighted by atomic mass is 32.2. The first-order chi connectivity index (χ1) is 12.1. The van der Waals surface area contributed by atoms with E-state index >= 15 is 0 Å². The molecule has 0 saturated heterocycles. The van der Waals surface area contributed by atoms with Gasteiger partial charge in [0, 0.05) is 17.9 Å². The van der Waals surface area contributed by atoms with Crippen LogP contribution in [0.5, 0.6) is 0 Å². The highest BCUT2D eigenvalue weighted by Crippen LogP contribution is 2.18. The fourth-order valence-corrected chi connectivity index (χ4v) is 2.76. The summed E-state index contributed by atoms with van der Waals surface area (Å²) in [5, 5.41) is 10.0. The van der Waals surface area contributed by atoms with Gasteiger partial charge in [-0.3, -0.25) is 9.89 Å². The molecular formula is C17H14F2N4OS. The quantitative estimate of drug-likeness (QED) is 0.523. The number of nitrogens with one attached hydrogen (secondary N) is 2. The van der Waals surface area contributed by atoms with Crippen molar-refractivity contribution in [3.05, 3.63) is 65.7 Å². The number of carbonyl (C=O) groups is 1. The number of H-pyrrole nitrogens is 1. The van der Waals surface area contributed by atoms with E-state index in [1.807, 2.05) is 30.3 Å². The number of halogens is 2. The molecule has 25 heavy (non-hydrogen) atoms. The van der Waals surface area contributed by atoms with Crippen molar-refractivity contribution < 1.29 is 13.6 Å². The number of rotatable bonds is 6. The summed E-state index contributed by atoms with van der Waals surface area (Å²) in [6.07, 6.45) is 0. The van der Waals surface area contributed by atoms with E-state index in [9.17, 15) is 13.6 Å². The molecule has 8 heteroatoms. The van der Waals surface area contributed by atoms with E-state index in [0.717, 1.165) is 23.8 Å².